The Morgan fingerprint density at radius 2 is 1.75 bits per heavy atom. The van der Waals surface area contributed by atoms with Gasteiger partial charge in [-0.2, -0.15) is 0 Å². The summed E-state index contributed by atoms with van der Waals surface area (Å²) in [7, 11) is 1.65. The van der Waals surface area contributed by atoms with Gasteiger partial charge >= 0.3 is 8.56 Å². The van der Waals surface area contributed by atoms with E-state index in [0.29, 0.717) is 0 Å². The fourth-order valence-electron chi connectivity index (χ4n) is 2.04. The molecule has 0 aromatic carbocycles. The second-order valence-electron chi connectivity index (χ2n) is 4.65. The van der Waals surface area contributed by atoms with Gasteiger partial charge in [0.25, 0.3) is 0 Å². The maximum absolute atomic E-state index is 5.45. The molecule has 94 valence electrons. The molecular weight excluding hydrogens is 218 g/mol. The molecule has 0 aliphatic heterocycles. The van der Waals surface area contributed by atoms with Gasteiger partial charge in [-0.25, -0.2) is 0 Å². The van der Waals surface area contributed by atoms with Crippen molar-refractivity contribution in [2.45, 2.75) is 51.1 Å². The maximum atomic E-state index is 5.45. The Labute approximate surface area is 100 Å². The Balaban J connectivity index is 2.19. The van der Waals surface area contributed by atoms with Gasteiger partial charge in [0.2, 0.25) is 0 Å². The lowest BCUT2D eigenvalue weighted by Crippen LogP contribution is -2.35. The molecule has 0 aromatic rings. The van der Waals surface area contributed by atoms with Crippen LogP contribution in [0.3, 0.4) is 0 Å². The number of nitrogens with zero attached hydrogens (tertiary/aromatic N) is 1. The number of hydrogen-bond acceptors (Lipinski definition) is 3. The summed E-state index contributed by atoms with van der Waals surface area (Å²) in [6, 6.07) is 1.04. The van der Waals surface area contributed by atoms with E-state index >= 15 is 0 Å². The minimum atomic E-state index is -1.85. The van der Waals surface area contributed by atoms with Crippen molar-refractivity contribution in [3.8, 4) is 0 Å². The van der Waals surface area contributed by atoms with E-state index in [9.17, 15) is 0 Å². The monoisotopic (exact) mass is 243 g/mol. The molecule has 0 unspecified atom stereocenters. The van der Waals surface area contributed by atoms with E-state index in [0.717, 1.165) is 19.0 Å². The van der Waals surface area contributed by atoms with Gasteiger partial charge in [0.15, 0.2) is 0 Å². The minimum absolute atomic E-state index is 0.949. The first-order chi connectivity index (χ1) is 7.70. The Morgan fingerprint density at radius 3 is 2.31 bits per heavy atom. The van der Waals surface area contributed by atoms with E-state index in [-0.39, 0.29) is 0 Å². The highest BCUT2D eigenvalue weighted by molar-refractivity contribution is 6.65. The summed E-state index contributed by atoms with van der Waals surface area (Å²) in [5.41, 5.74) is 1.43. The van der Waals surface area contributed by atoms with E-state index in [4.69, 9.17) is 8.85 Å². The molecule has 0 amide bonds. The van der Waals surface area contributed by atoms with Crippen LogP contribution >= 0.6 is 0 Å². The van der Waals surface area contributed by atoms with Crippen molar-refractivity contribution in [3.05, 3.63) is 0 Å². The number of hydrogen-bond donors (Lipinski definition) is 0. The van der Waals surface area contributed by atoms with E-state index in [1.807, 2.05) is 0 Å². The molecule has 1 saturated carbocycles. The lowest BCUT2D eigenvalue weighted by atomic mass is 9.98. The summed E-state index contributed by atoms with van der Waals surface area (Å²) in [6.45, 7) is 3.06. The third-order valence-corrected chi connectivity index (χ3v) is 6.41. The van der Waals surface area contributed by atoms with E-state index < -0.39 is 8.56 Å². The molecule has 0 bridgehead atoms. The Bertz CT molecular complexity index is 219. The van der Waals surface area contributed by atoms with E-state index in [1.54, 1.807) is 14.2 Å². The van der Waals surface area contributed by atoms with Crippen molar-refractivity contribution < 1.29 is 8.85 Å². The lowest BCUT2D eigenvalue weighted by Gasteiger charge is -2.22. The summed E-state index contributed by atoms with van der Waals surface area (Å²) in [4.78, 5) is 4.68. The van der Waals surface area contributed by atoms with Crippen LogP contribution in [0.15, 0.2) is 4.99 Å². The molecule has 1 rings (SSSR count). The van der Waals surface area contributed by atoms with Crippen molar-refractivity contribution in [2.24, 2.45) is 4.99 Å². The SMILES string of the molecule is CO[Si](C)(CCCN=C1CCCCC1)OC. The lowest BCUT2D eigenvalue weighted by molar-refractivity contribution is 0.249. The van der Waals surface area contributed by atoms with Gasteiger partial charge in [-0.1, -0.05) is 6.42 Å². The molecule has 4 heteroatoms. The summed E-state index contributed by atoms with van der Waals surface area (Å²) in [5.74, 6) is 0. The summed E-state index contributed by atoms with van der Waals surface area (Å²) in [6.07, 6.45) is 7.60. The molecule has 3 nitrogen and oxygen atoms in total. The molecule has 1 aliphatic carbocycles. The highest BCUT2D eigenvalue weighted by atomic mass is 28.4. The van der Waals surface area contributed by atoms with Gasteiger partial charge in [0.05, 0.1) is 0 Å². The van der Waals surface area contributed by atoms with Crippen molar-refractivity contribution in [3.63, 3.8) is 0 Å². The van der Waals surface area contributed by atoms with Crippen LogP contribution in [0.2, 0.25) is 12.6 Å². The van der Waals surface area contributed by atoms with Crippen LogP contribution in [-0.2, 0) is 8.85 Å². The molecular formula is C12H25NO2Si. The van der Waals surface area contributed by atoms with Crippen LogP contribution in [0.25, 0.3) is 0 Å². The molecule has 16 heavy (non-hydrogen) atoms. The topological polar surface area (TPSA) is 30.8 Å². The van der Waals surface area contributed by atoms with Gasteiger partial charge in [-0.05, 0) is 44.7 Å². The van der Waals surface area contributed by atoms with Gasteiger partial charge in [-0.15, -0.1) is 0 Å². The first-order valence-electron chi connectivity index (χ1n) is 6.33. The van der Waals surface area contributed by atoms with E-state index in [2.05, 4.69) is 11.5 Å². The van der Waals surface area contributed by atoms with Crippen LogP contribution in [-0.4, -0.2) is 35.0 Å². The molecule has 0 radical (unpaired) electrons. The van der Waals surface area contributed by atoms with Crippen molar-refractivity contribution >= 4 is 14.3 Å². The zero-order valence-corrected chi connectivity index (χ0v) is 11.9. The van der Waals surface area contributed by atoms with Crippen LogP contribution in [0.1, 0.15) is 38.5 Å². The van der Waals surface area contributed by atoms with Gasteiger partial charge in [-0.3, -0.25) is 4.99 Å². The van der Waals surface area contributed by atoms with Crippen molar-refractivity contribution in [2.75, 3.05) is 20.8 Å². The first kappa shape index (κ1) is 13.9. The number of aliphatic imine (C=N–C) groups is 1. The van der Waals surface area contributed by atoms with Gasteiger partial charge in [0.1, 0.15) is 0 Å². The number of rotatable bonds is 6. The third kappa shape index (κ3) is 4.76. The normalized spacial score (nSPS) is 17.6. The van der Waals surface area contributed by atoms with Crippen molar-refractivity contribution in [1.29, 1.82) is 0 Å². The standard InChI is InChI=1S/C12H25NO2Si/c1-14-16(3,15-2)11-7-10-13-12-8-5-4-6-9-12/h4-11H2,1-3H3. The molecule has 0 aromatic heterocycles. The van der Waals surface area contributed by atoms with Gasteiger partial charge < -0.3 is 8.85 Å². The first-order valence-corrected chi connectivity index (χ1v) is 8.85. The second kappa shape index (κ2) is 7.19. The molecule has 1 fully saturated rings. The molecule has 0 heterocycles. The molecule has 0 spiro atoms. The Morgan fingerprint density at radius 1 is 1.12 bits per heavy atom. The van der Waals surface area contributed by atoms with Crippen molar-refractivity contribution in [1.82, 2.24) is 0 Å². The zero-order chi connectivity index (χ0) is 11.9. The molecule has 1 aliphatic rings. The average molecular weight is 243 g/mol. The second-order valence-corrected chi connectivity index (χ2v) is 8.24. The Hall–Kier alpha value is -0.193. The minimum Gasteiger partial charge on any atom is -0.398 e. The van der Waals surface area contributed by atoms with Crippen LogP contribution in [0, 0.1) is 0 Å². The predicted octanol–water partition coefficient (Wildman–Crippen LogP) is 3.15. The quantitative estimate of drug-likeness (QED) is 0.530. The predicted molar refractivity (Wildman–Crippen MR) is 70.4 cm³/mol. The summed E-state index contributed by atoms with van der Waals surface area (Å²) >= 11 is 0. The molecule has 0 atom stereocenters. The van der Waals surface area contributed by atoms with Crippen LogP contribution < -0.4 is 0 Å². The highest BCUT2D eigenvalue weighted by Gasteiger charge is 2.27. The smallest absolute Gasteiger partial charge is 0.334 e. The van der Waals surface area contributed by atoms with E-state index in [1.165, 1.54) is 37.8 Å². The maximum Gasteiger partial charge on any atom is 0.334 e. The molecule has 0 N–H and O–H groups in total. The largest absolute Gasteiger partial charge is 0.398 e. The average Bonchev–Trinajstić information content (AvgIpc) is 2.36. The summed E-state index contributed by atoms with van der Waals surface area (Å²) < 4.78 is 10.9. The Kier molecular flexibility index (Phi) is 6.24. The highest BCUT2D eigenvalue weighted by Crippen LogP contribution is 2.16. The summed E-state index contributed by atoms with van der Waals surface area (Å²) in [5, 5.41) is 0. The molecule has 0 saturated heterocycles. The van der Waals surface area contributed by atoms with Gasteiger partial charge in [0, 0.05) is 26.5 Å². The van der Waals surface area contributed by atoms with Crippen LogP contribution in [0.4, 0.5) is 0 Å². The zero-order valence-electron chi connectivity index (χ0n) is 10.9. The van der Waals surface area contributed by atoms with Crippen LogP contribution in [0.5, 0.6) is 0 Å². The third-order valence-electron chi connectivity index (χ3n) is 3.42. The fraction of sp³-hybridized carbons (Fsp3) is 0.917. The fourth-order valence-corrected chi connectivity index (χ4v) is 3.42.